The first-order valence-electron chi connectivity index (χ1n) is 9.42. The summed E-state index contributed by atoms with van der Waals surface area (Å²) in [5.41, 5.74) is -0.778. The van der Waals surface area contributed by atoms with E-state index >= 15 is 0 Å². The number of hydrogen-bond donors (Lipinski definition) is 2. The Morgan fingerprint density at radius 3 is 2.43 bits per heavy atom. The monoisotopic (exact) mass is 411 g/mol. The predicted molar refractivity (Wildman–Crippen MR) is 112 cm³/mol. The number of benzene rings is 1. The average molecular weight is 412 g/mol. The second-order valence-electron chi connectivity index (χ2n) is 6.88. The van der Waals surface area contributed by atoms with E-state index in [1.165, 1.54) is 25.1 Å². The third-order valence-corrected chi connectivity index (χ3v) is 5.12. The molecule has 28 heavy (non-hydrogen) atoms. The van der Waals surface area contributed by atoms with E-state index in [1.807, 2.05) is 13.8 Å². The predicted octanol–water partition coefficient (Wildman–Crippen LogP) is 6.79. The van der Waals surface area contributed by atoms with Gasteiger partial charge in [-0.1, -0.05) is 51.3 Å². The Labute approximate surface area is 170 Å². The van der Waals surface area contributed by atoms with Crippen LogP contribution in [0.1, 0.15) is 63.6 Å². The molecule has 0 heterocycles. The molecule has 0 saturated carbocycles. The van der Waals surface area contributed by atoms with Crippen LogP contribution >= 0.6 is 12.6 Å². The van der Waals surface area contributed by atoms with Crippen LogP contribution in [0, 0.1) is 11.3 Å². The minimum Gasteiger partial charge on any atom is -0.296 e. The summed E-state index contributed by atoms with van der Waals surface area (Å²) in [6, 6.07) is 3.78. The normalized spacial score (nSPS) is 14.1. The second kappa shape index (κ2) is 10.6. The second-order valence-corrected chi connectivity index (χ2v) is 7.40. The topological polar surface area (TPSA) is 40.9 Å². The van der Waals surface area contributed by atoms with Gasteiger partial charge in [0.2, 0.25) is 5.78 Å². The molecule has 0 saturated heterocycles. The molecule has 0 radical (unpaired) electrons. The van der Waals surface area contributed by atoms with Gasteiger partial charge in [0.15, 0.2) is 0 Å². The molecule has 0 aliphatic heterocycles. The van der Waals surface area contributed by atoms with E-state index < -0.39 is 23.2 Å². The van der Waals surface area contributed by atoms with Crippen LogP contribution in [0.25, 0.3) is 0 Å². The van der Waals surface area contributed by atoms with Crippen molar-refractivity contribution >= 4 is 24.1 Å². The molecule has 0 spiro atoms. The lowest BCUT2D eigenvalue weighted by molar-refractivity contribution is -0.138. The van der Waals surface area contributed by atoms with Crippen molar-refractivity contribution in [3.63, 3.8) is 0 Å². The molecule has 1 rings (SSSR count). The molecule has 0 aliphatic rings. The number of allylic oxidation sites excluding steroid dienone is 3. The maximum absolute atomic E-state index is 13.6. The lowest BCUT2D eigenvalue weighted by Crippen LogP contribution is -2.18. The molecule has 0 aromatic heterocycles. The molecule has 1 aromatic carbocycles. The molecule has 0 amide bonds. The van der Waals surface area contributed by atoms with Crippen LogP contribution in [0.15, 0.2) is 40.8 Å². The minimum absolute atomic E-state index is 0.0291. The molecule has 6 heteroatoms. The Kier molecular flexibility index (Phi) is 9.21. The summed E-state index contributed by atoms with van der Waals surface area (Å²) in [4.78, 5) is 13.0. The summed E-state index contributed by atoms with van der Waals surface area (Å²) in [6.45, 7) is 7.26. The number of halogens is 3. The van der Waals surface area contributed by atoms with Crippen molar-refractivity contribution < 1.29 is 18.0 Å². The number of carbonyl (C=O) groups excluding carboxylic acids is 1. The van der Waals surface area contributed by atoms with E-state index in [9.17, 15) is 18.0 Å². The number of rotatable bonds is 9. The summed E-state index contributed by atoms with van der Waals surface area (Å²) < 4.78 is 40.9. The smallest absolute Gasteiger partial charge is 0.296 e. The first kappa shape index (κ1) is 24.2. The summed E-state index contributed by atoms with van der Waals surface area (Å²) in [6.07, 6.45) is 1.57. The third-order valence-electron chi connectivity index (χ3n) is 4.73. The first-order chi connectivity index (χ1) is 13.0. The van der Waals surface area contributed by atoms with E-state index in [-0.39, 0.29) is 22.6 Å². The van der Waals surface area contributed by atoms with E-state index in [0.29, 0.717) is 11.3 Å². The zero-order valence-corrected chi connectivity index (χ0v) is 17.7. The van der Waals surface area contributed by atoms with Gasteiger partial charge in [-0.25, -0.2) is 0 Å². The number of carbonyl (C=O) groups is 1. The van der Waals surface area contributed by atoms with Gasteiger partial charge in [-0.15, -0.1) is 12.6 Å². The zero-order chi connectivity index (χ0) is 21.5. The molecular formula is C22H28F3NOS. The SMILES string of the molecule is C/C=C(S)\C=C(/C)C(=O)C(=N)c1ccc(CC(CC)CCC)c(C(F)(F)F)c1. The highest BCUT2D eigenvalue weighted by Gasteiger charge is 2.34. The Balaban J connectivity index is 3.27. The molecule has 154 valence electrons. The number of ketones is 1. The summed E-state index contributed by atoms with van der Waals surface area (Å²) >= 11 is 4.16. The Hall–Kier alpha value is -1.82. The van der Waals surface area contributed by atoms with Crippen molar-refractivity contribution in [2.75, 3.05) is 0 Å². The molecule has 0 aliphatic carbocycles. The van der Waals surface area contributed by atoms with Gasteiger partial charge in [-0.3, -0.25) is 10.2 Å². The van der Waals surface area contributed by atoms with Gasteiger partial charge in [0.05, 0.1) is 5.56 Å². The fourth-order valence-electron chi connectivity index (χ4n) is 3.04. The van der Waals surface area contributed by atoms with Gasteiger partial charge >= 0.3 is 6.18 Å². The number of alkyl halides is 3. The minimum atomic E-state index is -4.53. The lowest BCUT2D eigenvalue weighted by Gasteiger charge is -2.19. The first-order valence-corrected chi connectivity index (χ1v) is 9.87. The van der Waals surface area contributed by atoms with Gasteiger partial charge in [0, 0.05) is 10.5 Å². The Bertz CT molecular complexity index is 778. The quantitative estimate of drug-likeness (QED) is 0.200. The van der Waals surface area contributed by atoms with Crippen LogP contribution in [-0.2, 0) is 17.4 Å². The van der Waals surface area contributed by atoms with Crippen molar-refractivity contribution in [1.29, 1.82) is 5.41 Å². The van der Waals surface area contributed by atoms with E-state index in [0.717, 1.165) is 25.3 Å². The summed E-state index contributed by atoms with van der Waals surface area (Å²) in [5.74, 6) is -0.440. The number of hydrogen-bond acceptors (Lipinski definition) is 3. The summed E-state index contributed by atoms with van der Waals surface area (Å²) in [7, 11) is 0. The van der Waals surface area contributed by atoms with Crippen molar-refractivity contribution in [1.82, 2.24) is 0 Å². The van der Waals surface area contributed by atoms with Crippen molar-refractivity contribution in [2.45, 2.75) is 59.6 Å². The number of nitrogens with one attached hydrogen (secondary N) is 1. The van der Waals surface area contributed by atoms with Crippen LogP contribution < -0.4 is 0 Å². The number of thiol groups is 1. The number of Topliss-reactive ketones (excluding diaryl/α,β-unsaturated/α-hetero) is 1. The molecule has 0 bridgehead atoms. The van der Waals surface area contributed by atoms with Crippen LogP contribution in [0.2, 0.25) is 0 Å². The van der Waals surface area contributed by atoms with Crippen molar-refractivity contribution in [2.24, 2.45) is 5.92 Å². The average Bonchev–Trinajstić information content (AvgIpc) is 2.65. The maximum Gasteiger partial charge on any atom is 0.416 e. The van der Waals surface area contributed by atoms with Gasteiger partial charge in [0.1, 0.15) is 5.71 Å². The van der Waals surface area contributed by atoms with Crippen molar-refractivity contribution in [3.05, 3.63) is 57.5 Å². The molecule has 2 nitrogen and oxygen atoms in total. The van der Waals surface area contributed by atoms with Crippen LogP contribution in [-0.4, -0.2) is 11.5 Å². The van der Waals surface area contributed by atoms with Crippen LogP contribution in [0.4, 0.5) is 13.2 Å². The third kappa shape index (κ3) is 6.66. The van der Waals surface area contributed by atoms with Gasteiger partial charge < -0.3 is 0 Å². The molecule has 1 aromatic rings. The fraction of sp³-hybridized carbons (Fsp3) is 0.455. The molecule has 1 unspecified atom stereocenters. The van der Waals surface area contributed by atoms with E-state index in [1.54, 1.807) is 13.0 Å². The standard InChI is InChI=1S/C22H28F3NOS/c1-5-8-15(6-2)12-16-9-10-17(13-19(16)22(23,24)25)20(26)21(27)14(4)11-18(28)7-3/h7,9-11,13,15,26,28H,5-6,8,12H2,1-4H3/b14-11+,18-7+,26-20?. The Morgan fingerprint density at radius 2 is 1.93 bits per heavy atom. The van der Waals surface area contributed by atoms with Crippen LogP contribution in [0.3, 0.4) is 0 Å². The van der Waals surface area contributed by atoms with Crippen molar-refractivity contribution in [3.8, 4) is 0 Å². The highest BCUT2D eigenvalue weighted by atomic mass is 32.1. The molecule has 1 N–H and O–H groups in total. The van der Waals surface area contributed by atoms with Gasteiger partial charge in [-0.05, 0) is 49.5 Å². The summed E-state index contributed by atoms with van der Waals surface area (Å²) in [5, 5.41) is 8.08. The van der Waals surface area contributed by atoms with E-state index in [4.69, 9.17) is 5.41 Å². The largest absolute Gasteiger partial charge is 0.416 e. The Morgan fingerprint density at radius 1 is 1.29 bits per heavy atom. The lowest BCUT2D eigenvalue weighted by atomic mass is 9.88. The molecule has 1 atom stereocenters. The maximum atomic E-state index is 13.6. The highest BCUT2D eigenvalue weighted by Crippen LogP contribution is 2.35. The molecule has 0 fully saturated rings. The zero-order valence-electron chi connectivity index (χ0n) is 16.8. The van der Waals surface area contributed by atoms with Gasteiger partial charge in [0.25, 0.3) is 0 Å². The molecular weight excluding hydrogens is 383 g/mol. The fourth-order valence-corrected chi connectivity index (χ4v) is 3.24. The van der Waals surface area contributed by atoms with E-state index in [2.05, 4.69) is 12.6 Å². The van der Waals surface area contributed by atoms with Gasteiger partial charge in [-0.2, -0.15) is 13.2 Å². The van der Waals surface area contributed by atoms with Crippen LogP contribution in [0.5, 0.6) is 0 Å². The highest BCUT2D eigenvalue weighted by molar-refractivity contribution is 7.84.